The van der Waals surface area contributed by atoms with Crippen LogP contribution in [0.15, 0.2) is 35.9 Å². The Kier molecular flexibility index (Phi) is 8.13. The van der Waals surface area contributed by atoms with Crippen LogP contribution in [0.5, 0.6) is 11.5 Å². The minimum atomic E-state index is -0.300. The molecule has 2 unspecified atom stereocenters. The van der Waals surface area contributed by atoms with Gasteiger partial charge >= 0.3 is 5.97 Å². The Labute approximate surface area is 273 Å². The molecule has 0 saturated heterocycles. The number of esters is 1. The Morgan fingerprint density at radius 1 is 1.00 bits per heavy atom. The number of phenolic OH excluding ortho intramolecular Hbond substituents is 1. The summed E-state index contributed by atoms with van der Waals surface area (Å²) in [5.41, 5.74) is 3.82. The van der Waals surface area contributed by atoms with Crippen molar-refractivity contribution in [2.24, 2.45) is 56.7 Å². The number of phenols is 1. The summed E-state index contributed by atoms with van der Waals surface area (Å²) >= 11 is 0. The summed E-state index contributed by atoms with van der Waals surface area (Å²) in [6, 6.07) is 5.07. The highest BCUT2D eigenvalue weighted by Gasteiger charge is 2.80. The van der Waals surface area contributed by atoms with Gasteiger partial charge in [-0.3, -0.25) is 0 Å². The second-order valence-electron chi connectivity index (χ2n) is 17.5. The van der Waals surface area contributed by atoms with Crippen LogP contribution in [0.1, 0.15) is 125 Å². The van der Waals surface area contributed by atoms with Crippen molar-refractivity contribution < 1.29 is 19.4 Å². The molecule has 0 aliphatic heterocycles. The van der Waals surface area contributed by atoms with E-state index in [-0.39, 0.29) is 23.2 Å². The summed E-state index contributed by atoms with van der Waals surface area (Å²) in [5, 5.41) is 9.89. The van der Waals surface area contributed by atoms with Gasteiger partial charge in [-0.15, -0.1) is 0 Å². The molecule has 0 bridgehead atoms. The average molecular weight is 617 g/mol. The van der Waals surface area contributed by atoms with Gasteiger partial charge in [-0.1, -0.05) is 85.9 Å². The van der Waals surface area contributed by atoms with E-state index in [1.807, 2.05) is 0 Å². The predicted molar refractivity (Wildman–Crippen MR) is 183 cm³/mol. The first-order valence-corrected chi connectivity index (χ1v) is 18.1. The van der Waals surface area contributed by atoms with E-state index in [0.717, 1.165) is 48.0 Å². The summed E-state index contributed by atoms with van der Waals surface area (Å²) in [7, 11) is 1.52. The van der Waals surface area contributed by atoms with Crippen LogP contribution in [-0.2, 0) is 9.53 Å². The van der Waals surface area contributed by atoms with E-state index in [4.69, 9.17) is 9.47 Å². The number of ether oxygens (including phenoxy) is 2. The monoisotopic (exact) mass is 616 g/mol. The molecule has 5 aliphatic carbocycles. The molecule has 0 radical (unpaired) electrons. The Balaban J connectivity index is 1.17. The average Bonchev–Trinajstić information content (AvgIpc) is 3.58. The quantitative estimate of drug-likeness (QED) is 0.170. The maximum absolute atomic E-state index is 13.1. The Morgan fingerprint density at radius 2 is 1.76 bits per heavy atom. The number of carbonyl (C=O) groups excluding carboxylic acids is 1. The molecule has 4 saturated carbocycles. The summed E-state index contributed by atoms with van der Waals surface area (Å²) in [6.45, 7) is 19.9. The number of carbonyl (C=O) groups is 1. The summed E-state index contributed by atoms with van der Waals surface area (Å²) in [5.74, 6) is 4.20. The number of benzene rings is 1. The zero-order chi connectivity index (χ0) is 32.6. The molecule has 4 fully saturated rings. The van der Waals surface area contributed by atoms with E-state index in [0.29, 0.717) is 27.4 Å². The number of aromatic hydroxyl groups is 1. The van der Waals surface area contributed by atoms with Crippen molar-refractivity contribution in [1.82, 2.24) is 0 Å². The van der Waals surface area contributed by atoms with Crippen LogP contribution >= 0.6 is 0 Å². The van der Waals surface area contributed by atoms with E-state index in [1.54, 1.807) is 29.8 Å². The topological polar surface area (TPSA) is 55.8 Å². The molecule has 2 spiro atoms. The van der Waals surface area contributed by atoms with Crippen LogP contribution in [0.3, 0.4) is 0 Å². The highest BCUT2D eigenvalue weighted by atomic mass is 16.5. The van der Waals surface area contributed by atoms with E-state index in [1.165, 1.54) is 64.6 Å². The molecule has 6 rings (SSSR count). The van der Waals surface area contributed by atoms with Crippen molar-refractivity contribution in [3.8, 4) is 11.5 Å². The number of allylic oxidation sites excluding steroid dienone is 1. The number of fused-ring (bicyclic) bond motifs is 2. The molecule has 4 heteroatoms. The fourth-order valence-electron chi connectivity index (χ4n) is 11.9. The highest BCUT2D eigenvalue weighted by Crippen LogP contribution is 2.88. The molecule has 0 amide bonds. The van der Waals surface area contributed by atoms with Gasteiger partial charge in [0.2, 0.25) is 0 Å². The van der Waals surface area contributed by atoms with Crippen LogP contribution in [0.25, 0.3) is 6.08 Å². The van der Waals surface area contributed by atoms with Gasteiger partial charge in [-0.05, 0) is 126 Å². The van der Waals surface area contributed by atoms with Gasteiger partial charge in [0.05, 0.1) is 7.11 Å². The molecule has 248 valence electrons. The molecule has 9 atom stereocenters. The second kappa shape index (κ2) is 11.2. The first kappa shape index (κ1) is 32.7. The minimum absolute atomic E-state index is 0.0848. The maximum atomic E-state index is 13.1. The van der Waals surface area contributed by atoms with Crippen LogP contribution in [0, 0.1) is 56.7 Å². The smallest absolute Gasteiger partial charge is 0.331 e. The highest BCUT2D eigenvalue weighted by molar-refractivity contribution is 5.87. The molecule has 4 nitrogen and oxygen atoms in total. The normalized spacial score (nSPS) is 39.2. The van der Waals surface area contributed by atoms with Gasteiger partial charge < -0.3 is 14.6 Å². The van der Waals surface area contributed by atoms with Crippen molar-refractivity contribution in [2.45, 2.75) is 126 Å². The van der Waals surface area contributed by atoms with Crippen molar-refractivity contribution in [3.63, 3.8) is 0 Å². The minimum Gasteiger partial charge on any atom is -0.504 e. The largest absolute Gasteiger partial charge is 0.504 e. The third-order valence-electron chi connectivity index (χ3n) is 15.3. The summed E-state index contributed by atoms with van der Waals surface area (Å²) < 4.78 is 11.4. The molecule has 1 N–H and O–H groups in total. The number of rotatable bonds is 9. The lowest BCUT2D eigenvalue weighted by Crippen LogP contribution is -2.55. The summed E-state index contributed by atoms with van der Waals surface area (Å²) in [6.07, 6.45) is 18.7. The number of hydrogen-bond donors (Lipinski definition) is 1. The fraction of sp³-hybridized carbons (Fsp3) is 0.732. The third-order valence-corrected chi connectivity index (χ3v) is 15.3. The molecule has 1 aromatic carbocycles. The van der Waals surface area contributed by atoms with Crippen LogP contribution in [0.2, 0.25) is 0 Å². The SMILES string of the molecule is COc1cc(/C=C/C(=O)OC2CC[C@]34C[C@]35CC[C@]3(C)[C@@H]([C@H](C)CCC(C)C(C)C)CC[C@@]3(C)[C@@H]5CC=C4C2(C)C)ccc1O. The van der Waals surface area contributed by atoms with Gasteiger partial charge in [0.25, 0.3) is 0 Å². The summed E-state index contributed by atoms with van der Waals surface area (Å²) in [4.78, 5) is 13.1. The molecular weight excluding hydrogens is 556 g/mol. The molecule has 45 heavy (non-hydrogen) atoms. The van der Waals surface area contributed by atoms with Crippen molar-refractivity contribution >= 4 is 12.0 Å². The van der Waals surface area contributed by atoms with Gasteiger partial charge in [0.1, 0.15) is 6.10 Å². The molecule has 0 heterocycles. The van der Waals surface area contributed by atoms with E-state index < -0.39 is 0 Å². The van der Waals surface area contributed by atoms with E-state index in [2.05, 4.69) is 61.5 Å². The molecule has 5 aliphatic rings. The Bertz CT molecular complexity index is 1370. The first-order valence-electron chi connectivity index (χ1n) is 18.1. The van der Waals surface area contributed by atoms with Crippen molar-refractivity contribution in [1.29, 1.82) is 0 Å². The van der Waals surface area contributed by atoms with Gasteiger partial charge in [-0.25, -0.2) is 4.79 Å². The maximum Gasteiger partial charge on any atom is 0.331 e. The van der Waals surface area contributed by atoms with E-state index >= 15 is 0 Å². The third kappa shape index (κ3) is 4.85. The lowest BCUT2D eigenvalue weighted by Gasteiger charge is -2.61. The molecule has 0 aromatic heterocycles. The first-order chi connectivity index (χ1) is 21.1. The van der Waals surface area contributed by atoms with Gasteiger partial charge in [0, 0.05) is 11.5 Å². The van der Waals surface area contributed by atoms with E-state index in [9.17, 15) is 9.90 Å². The Morgan fingerprint density at radius 3 is 2.47 bits per heavy atom. The molecule has 1 aromatic rings. The predicted octanol–water partition coefficient (Wildman–Crippen LogP) is 10.4. The standard InChI is InChI=1S/C41H60O4/c1-26(2)27(3)10-11-28(4)30-18-20-39(8)34-16-15-33-37(5,6)35(19-21-40(33)25-41(34,40)23-22-38(30,39)7)45-36(43)17-13-29-12-14-31(42)32(24-29)44-9/h12-15,17,24,26-28,30,34-35,42H,10-11,16,18-23,25H2,1-9H3/b17-13+/t27?,28-,30-,34+,35?,38-,39+,40-,41+/m1/s1. The lowest BCUT2D eigenvalue weighted by molar-refractivity contribution is -0.152. The Hall–Kier alpha value is -2.23. The second-order valence-corrected chi connectivity index (χ2v) is 17.5. The molecular formula is C41H60O4. The fourth-order valence-corrected chi connectivity index (χ4v) is 11.9. The van der Waals surface area contributed by atoms with Crippen LogP contribution < -0.4 is 4.74 Å². The number of hydrogen-bond acceptors (Lipinski definition) is 4. The zero-order valence-corrected chi connectivity index (χ0v) is 29.7. The number of methoxy groups -OCH3 is 1. The van der Waals surface area contributed by atoms with Gasteiger partial charge in [0.15, 0.2) is 11.5 Å². The van der Waals surface area contributed by atoms with Gasteiger partial charge in [-0.2, -0.15) is 0 Å². The van der Waals surface area contributed by atoms with Crippen molar-refractivity contribution in [3.05, 3.63) is 41.5 Å². The zero-order valence-electron chi connectivity index (χ0n) is 29.7. The lowest BCUT2D eigenvalue weighted by atomic mass is 9.43. The van der Waals surface area contributed by atoms with Crippen LogP contribution in [-0.4, -0.2) is 24.3 Å². The van der Waals surface area contributed by atoms with Crippen LogP contribution in [0.4, 0.5) is 0 Å². The van der Waals surface area contributed by atoms with Crippen molar-refractivity contribution in [2.75, 3.05) is 7.11 Å².